The number of pyridine rings is 1. The topological polar surface area (TPSA) is 45.9 Å². The van der Waals surface area contributed by atoms with Crippen molar-refractivity contribution in [2.24, 2.45) is 0 Å². The van der Waals surface area contributed by atoms with Crippen LogP contribution in [0.15, 0.2) is 47.1 Å². The number of nitriles is 1. The highest BCUT2D eigenvalue weighted by atomic mass is 79.9. The first-order valence-electron chi connectivity index (χ1n) is 5.02. The summed E-state index contributed by atoms with van der Waals surface area (Å²) in [5.41, 5.74) is 1.34. The Morgan fingerprint density at radius 3 is 2.94 bits per heavy atom. The third-order valence-corrected chi connectivity index (χ3v) is 2.65. The second kappa shape index (κ2) is 5.46. The molecule has 0 saturated heterocycles. The van der Waals surface area contributed by atoms with Crippen molar-refractivity contribution in [1.82, 2.24) is 4.98 Å². The Kier molecular flexibility index (Phi) is 3.73. The van der Waals surface area contributed by atoms with Gasteiger partial charge in [-0.2, -0.15) is 5.26 Å². The summed E-state index contributed by atoms with van der Waals surface area (Å²) in [6.45, 7) is 0.416. The molecule has 1 aromatic heterocycles. The third kappa shape index (κ3) is 3.05. The van der Waals surface area contributed by atoms with Crippen LogP contribution < -0.4 is 4.74 Å². The minimum atomic E-state index is 0.308. The number of rotatable bonds is 3. The van der Waals surface area contributed by atoms with Crippen LogP contribution in [0.5, 0.6) is 5.75 Å². The summed E-state index contributed by atoms with van der Waals surface area (Å²) < 4.78 is 6.57. The molecule has 4 heteroatoms. The molecule has 0 bridgehead atoms. The van der Waals surface area contributed by atoms with Gasteiger partial charge in [0.15, 0.2) is 11.4 Å². The average Bonchev–Trinajstić information content (AvgIpc) is 2.37. The molecule has 0 atom stereocenters. The van der Waals surface area contributed by atoms with Crippen LogP contribution in [0, 0.1) is 11.3 Å². The smallest absolute Gasteiger partial charge is 0.182 e. The van der Waals surface area contributed by atoms with E-state index in [1.807, 2.05) is 30.3 Å². The van der Waals surface area contributed by atoms with Gasteiger partial charge >= 0.3 is 0 Å². The van der Waals surface area contributed by atoms with Gasteiger partial charge in [-0.3, -0.25) is 0 Å². The average molecular weight is 289 g/mol. The molecule has 17 heavy (non-hydrogen) atoms. The lowest BCUT2D eigenvalue weighted by atomic mass is 10.2. The lowest BCUT2D eigenvalue weighted by molar-refractivity contribution is 0.304. The Bertz CT molecular complexity index is 563. The minimum Gasteiger partial charge on any atom is -0.486 e. The Balaban J connectivity index is 2.10. The minimum absolute atomic E-state index is 0.308. The molecule has 0 spiro atoms. The Morgan fingerprint density at radius 2 is 2.18 bits per heavy atom. The van der Waals surface area contributed by atoms with Crippen molar-refractivity contribution in [1.29, 1.82) is 5.26 Å². The first-order valence-corrected chi connectivity index (χ1v) is 5.81. The van der Waals surface area contributed by atoms with E-state index < -0.39 is 0 Å². The van der Waals surface area contributed by atoms with E-state index >= 15 is 0 Å². The molecule has 2 aromatic rings. The Morgan fingerprint density at radius 1 is 1.29 bits per heavy atom. The predicted octanol–water partition coefficient (Wildman–Crippen LogP) is 3.29. The molecule has 0 unspecified atom stereocenters. The molecule has 0 saturated carbocycles. The van der Waals surface area contributed by atoms with Crippen molar-refractivity contribution in [3.63, 3.8) is 0 Å². The largest absolute Gasteiger partial charge is 0.486 e. The second-order valence-corrected chi connectivity index (χ2v) is 4.30. The van der Waals surface area contributed by atoms with Crippen LogP contribution in [0.2, 0.25) is 0 Å². The molecule has 0 fully saturated rings. The van der Waals surface area contributed by atoms with Crippen molar-refractivity contribution < 1.29 is 4.74 Å². The summed E-state index contributed by atoms with van der Waals surface area (Å²) in [6, 6.07) is 13.3. The maximum absolute atomic E-state index is 8.86. The quantitative estimate of drug-likeness (QED) is 0.871. The van der Waals surface area contributed by atoms with E-state index in [1.165, 1.54) is 0 Å². The molecule has 1 heterocycles. The zero-order valence-electron chi connectivity index (χ0n) is 8.93. The van der Waals surface area contributed by atoms with Gasteiger partial charge in [0.25, 0.3) is 0 Å². The summed E-state index contributed by atoms with van der Waals surface area (Å²) in [5, 5.41) is 8.86. The van der Waals surface area contributed by atoms with Gasteiger partial charge in [0, 0.05) is 10.7 Å². The van der Waals surface area contributed by atoms with Crippen LogP contribution in [-0.4, -0.2) is 4.98 Å². The zero-order valence-corrected chi connectivity index (χ0v) is 10.5. The van der Waals surface area contributed by atoms with Gasteiger partial charge in [0.05, 0.1) is 0 Å². The molecule has 0 aliphatic rings. The van der Waals surface area contributed by atoms with E-state index in [1.54, 1.807) is 18.3 Å². The van der Waals surface area contributed by atoms with Crippen molar-refractivity contribution in [3.05, 3.63) is 58.3 Å². The highest BCUT2D eigenvalue weighted by Crippen LogP contribution is 2.17. The second-order valence-electron chi connectivity index (χ2n) is 3.38. The molecule has 84 valence electrons. The predicted molar refractivity (Wildman–Crippen MR) is 67.4 cm³/mol. The van der Waals surface area contributed by atoms with Gasteiger partial charge in [-0.25, -0.2) is 4.98 Å². The normalized spacial score (nSPS) is 9.65. The van der Waals surface area contributed by atoms with Crippen LogP contribution in [0.3, 0.4) is 0 Å². The lowest BCUT2D eigenvalue weighted by Gasteiger charge is -2.07. The Labute approximate surface area is 108 Å². The molecule has 0 N–H and O–H groups in total. The van der Waals surface area contributed by atoms with Crippen LogP contribution >= 0.6 is 15.9 Å². The van der Waals surface area contributed by atoms with Gasteiger partial charge in [-0.1, -0.05) is 28.1 Å². The summed E-state index contributed by atoms with van der Waals surface area (Å²) in [5.74, 6) is 0.509. The van der Waals surface area contributed by atoms with E-state index in [0.717, 1.165) is 10.0 Å². The van der Waals surface area contributed by atoms with E-state index in [4.69, 9.17) is 10.00 Å². The van der Waals surface area contributed by atoms with Crippen LogP contribution in [-0.2, 0) is 6.61 Å². The number of aromatic nitrogens is 1. The number of benzene rings is 1. The van der Waals surface area contributed by atoms with E-state index in [2.05, 4.69) is 20.9 Å². The zero-order chi connectivity index (χ0) is 12.1. The van der Waals surface area contributed by atoms with Gasteiger partial charge in [-0.05, 0) is 29.8 Å². The standard InChI is InChI=1S/C13H9BrN2O/c14-11-4-1-3-10(7-11)9-17-13-5-2-6-16-12(13)8-15/h1-7H,9H2. The maximum atomic E-state index is 8.86. The summed E-state index contributed by atoms with van der Waals surface area (Å²) in [6.07, 6.45) is 1.57. The molecular weight excluding hydrogens is 280 g/mol. The molecule has 3 nitrogen and oxygen atoms in total. The first kappa shape index (κ1) is 11.6. The number of hydrogen-bond acceptors (Lipinski definition) is 3. The van der Waals surface area contributed by atoms with E-state index in [-0.39, 0.29) is 0 Å². The van der Waals surface area contributed by atoms with Crippen molar-refractivity contribution in [2.45, 2.75) is 6.61 Å². The fourth-order valence-corrected chi connectivity index (χ4v) is 1.83. The van der Waals surface area contributed by atoms with Crippen LogP contribution in [0.25, 0.3) is 0 Å². The molecule has 0 aliphatic heterocycles. The Hall–Kier alpha value is -1.86. The van der Waals surface area contributed by atoms with E-state index in [0.29, 0.717) is 18.1 Å². The lowest BCUT2D eigenvalue weighted by Crippen LogP contribution is -1.98. The highest BCUT2D eigenvalue weighted by molar-refractivity contribution is 9.10. The highest BCUT2D eigenvalue weighted by Gasteiger charge is 2.03. The third-order valence-electron chi connectivity index (χ3n) is 2.16. The van der Waals surface area contributed by atoms with E-state index in [9.17, 15) is 0 Å². The monoisotopic (exact) mass is 288 g/mol. The summed E-state index contributed by atoms with van der Waals surface area (Å²) >= 11 is 3.40. The summed E-state index contributed by atoms with van der Waals surface area (Å²) in [4.78, 5) is 3.93. The van der Waals surface area contributed by atoms with Crippen molar-refractivity contribution in [2.75, 3.05) is 0 Å². The molecule has 1 aromatic carbocycles. The first-order chi connectivity index (χ1) is 8.29. The van der Waals surface area contributed by atoms with Crippen molar-refractivity contribution in [3.8, 4) is 11.8 Å². The summed E-state index contributed by atoms with van der Waals surface area (Å²) in [7, 11) is 0. The molecule has 0 amide bonds. The molecule has 0 aliphatic carbocycles. The fourth-order valence-electron chi connectivity index (χ4n) is 1.38. The van der Waals surface area contributed by atoms with Crippen LogP contribution in [0.4, 0.5) is 0 Å². The van der Waals surface area contributed by atoms with Gasteiger partial charge in [0.1, 0.15) is 12.7 Å². The SMILES string of the molecule is N#Cc1ncccc1OCc1cccc(Br)c1. The van der Waals surface area contributed by atoms with Crippen molar-refractivity contribution >= 4 is 15.9 Å². The number of nitrogens with zero attached hydrogens (tertiary/aromatic N) is 2. The van der Waals surface area contributed by atoms with Gasteiger partial charge in [-0.15, -0.1) is 0 Å². The van der Waals surface area contributed by atoms with Crippen LogP contribution in [0.1, 0.15) is 11.3 Å². The fraction of sp³-hybridized carbons (Fsp3) is 0.0769. The van der Waals surface area contributed by atoms with Gasteiger partial charge in [0.2, 0.25) is 0 Å². The van der Waals surface area contributed by atoms with Gasteiger partial charge < -0.3 is 4.74 Å². The number of halogens is 1. The maximum Gasteiger partial charge on any atom is 0.182 e. The number of hydrogen-bond donors (Lipinski definition) is 0. The molecule has 0 radical (unpaired) electrons. The number of ether oxygens (including phenoxy) is 1. The molecular formula is C13H9BrN2O. The molecule has 2 rings (SSSR count).